The smallest absolute Gasteiger partial charge is 0.236 e. The van der Waals surface area contributed by atoms with Gasteiger partial charge < -0.3 is 4.74 Å². The molecule has 0 radical (unpaired) electrons. The molecular weight excluding hydrogens is 248 g/mol. The van der Waals surface area contributed by atoms with E-state index >= 15 is 0 Å². The molecule has 0 aliphatic carbocycles. The fourth-order valence-electron chi connectivity index (χ4n) is 1.88. The maximum atomic E-state index is 5.93. The maximum Gasteiger partial charge on any atom is 0.236 e. The van der Waals surface area contributed by atoms with E-state index in [0.717, 1.165) is 5.56 Å². The van der Waals surface area contributed by atoms with E-state index < -0.39 is 0 Å². The van der Waals surface area contributed by atoms with Crippen molar-refractivity contribution in [3.63, 3.8) is 0 Å². The van der Waals surface area contributed by atoms with Crippen LogP contribution in [0.15, 0.2) is 53.7 Å². The highest BCUT2D eigenvalue weighted by atomic mass is 35.5. The third-order valence-electron chi connectivity index (χ3n) is 2.78. The summed E-state index contributed by atoms with van der Waals surface area (Å²) in [4.78, 5) is 8.75. The van der Waals surface area contributed by atoms with Crippen molar-refractivity contribution in [1.29, 1.82) is 0 Å². The Morgan fingerprint density at radius 3 is 2.78 bits per heavy atom. The molecular formula is C14H11ClN2O. The van der Waals surface area contributed by atoms with Gasteiger partial charge in [-0.15, -0.1) is 0 Å². The fourth-order valence-corrected chi connectivity index (χ4v) is 2.04. The third kappa shape index (κ3) is 2.22. The van der Waals surface area contributed by atoms with Gasteiger partial charge in [-0.1, -0.05) is 41.9 Å². The van der Waals surface area contributed by atoms with Gasteiger partial charge in [-0.2, -0.15) is 0 Å². The van der Waals surface area contributed by atoms with E-state index in [4.69, 9.17) is 16.3 Å². The van der Waals surface area contributed by atoms with Crippen LogP contribution in [0.1, 0.15) is 17.3 Å². The Hall–Kier alpha value is -1.87. The number of benzene rings is 1. The first-order valence-corrected chi connectivity index (χ1v) is 6.08. The second-order valence-corrected chi connectivity index (χ2v) is 4.47. The zero-order valence-electron chi connectivity index (χ0n) is 9.58. The number of pyridine rings is 1. The van der Waals surface area contributed by atoms with Gasteiger partial charge in [0.1, 0.15) is 18.3 Å². The standard InChI is InChI=1S/C14H11ClN2O/c15-11-6-7-16-12(8-11)14-17-13(9-18-14)10-4-2-1-3-5-10/h1-8,13H,9H2. The van der Waals surface area contributed by atoms with E-state index in [2.05, 4.69) is 9.98 Å². The molecule has 2 aromatic rings. The van der Waals surface area contributed by atoms with E-state index in [-0.39, 0.29) is 6.04 Å². The van der Waals surface area contributed by atoms with Crippen LogP contribution in [0.25, 0.3) is 0 Å². The summed E-state index contributed by atoms with van der Waals surface area (Å²) in [5.74, 6) is 0.561. The summed E-state index contributed by atoms with van der Waals surface area (Å²) in [6.45, 7) is 0.549. The van der Waals surface area contributed by atoms with E-state index in [1.165, 1.54) is 0 Å². The molecule has 3 nitrogen and oxygen atoms in total. The van der Waals surface area contributed by atoms with Crippen molar-refractivity contribution in [3.8, 4) is 0 Å². The Kier molecular flexibility index (Phi) is 2.99. The van der Waals surface area contributed by atoms with Gasteiger partial charge in [0, 0.05) is 11.2 Å². The van der Waals surface area contributed by atoms with Gasteiger partial charge in [-0.05, 0) is 17.7 Å². The van der Waals surface area contributed by atoms with Gasteiger partial charge in [0.2, 0.25) is 5.90 Å². The van der Waals surface area contributed by atoms with Crippen LogP contribution in [0, 0.1) is 0 Å². The maximum absolute atomic E-state index is 5.93. The molecule has 18 heavy (non-hydrogen) atoms. The van der Waals surface area contributed by atoms with Crippen LogP contribution in [0.2, 0.25) is 5.02 Å². The van der Waals surface area contributed by atoms with Gasteiger partial charge in [0.15, 0.2) is 0 Å². The summed E-state index contributed by atoms with van der Waals surface area (Å²) in [5, 5.41) is 0.634. The second-order valence-electron chi connectivity index (χ2n) is 4.03. The minimum Gasteiger partial charge on any atom is -0.474 e. The predicted molar refractivity (Wildman–Crippen MR) is 70.9 cm³/mol. The highest BCUT2D eigenvalue weighted by Gasteiger charge is 2.22. The number of nitrogens with zero attached hydrogens (tertiary/aromatic N) is 2. The molecule has 1 unspecified atom stereocenters. The largest absolute Gasteiger partial charge is 0.474 e. The fraction of sp³-hybridized carbons (Fsp3) is 0.143. The third-order valence-corrected chi connectivity index (χ3v) is 3.01. The van der Waals surface area contributed by atoms with Crippen LogP contribution in [0.5, 0.6) is 0 Å². The van der Waals surface area contributed by atoms with Gasteiger partial charge in [-0.25, -0.2) is 4.99 Å². The Bertz CT molecular complexity index is 583. The SMILES string of the molecule is Clc1ccnc(C2=NC(c3ccccc3)CO2)c1. The molecule has 0 saturated carbocycles. The van der Waals surface area contributed by atoms with Crippen molar-refractivity contribution < 1.29 is 4.74 Å². The van der Waals surface area contributed by atoms with Crippen LogP contribution in [-0.4, -0.2) is 17.5 Å². The topological polar surface area (TPSA) is 34.5 Å². The Morgan fingerprint density at radius 2 is 2.00 bits per heavy atom. The average molecular weight is 259 g/mol. The lowest BCUT2D eigenvalue weighted by molar-refractivity contribution is 0.319. The average Bonchev–Trinajstić information content (AvgIpc) is 2.89. The zero-order valence-corrected chi connectivity index (χ0v) is 10.3. The first kappa shape index (κ1) is 11.2. The van der Waals surface area contributed by atoms with Gasteiger partial charge in [-0.3, -0.25) is 4.98 Å². The first-order valence-electron chi connectivity index (χ1n) is 5.70. The molecule has 1 aliphatic heterocycles. The molecule has 0 spiro atoms. The number of aromatic nitrogens is 1. The molecule has 90 valence electrons. The molecule has 1 aromatic carbocycles. The molecule has 1 atom stereocenters. The Labute approximate surface area is 110 Å². The molecule has 0 N–H and O–H groups in total. The Balaban J connectivity index is 1.88. The lowest BCUT2D eigenvalue weighted by Crippen LogP contribution is -2.03. The van der Waals surface area contributed by atoms with Crippen molar-refractivity contribution in [1.82, 2.24) is 4.98 Å². The molecule has 0 amide bonds. The van der Waals surface area contributed by atoms with E-state index in [9.17, 15) is 0 Å². The van der Waals surface area contributed by atoms with Crippen LogP contribution in [0.3, 0.4) is 0 Å². The number of hydrogen-bond acceptors (Lipinski definition) is 3. The van der Waals surface area contributed by atoms with E-state index in [1.807, 2.05) is 30.3 Å². The minimum atomic E-state index is 0.0435. The van der Waals surface area contributed by atoms with Crippen LogP contribution in [0.4, 0.5) is 0 Å². The van der Waals surface area contributed by atoms with Crippen molar-refractivity contribution in [2.24, 2.45) is 4.99 Å². The van der Waals surface area contributed by atoms with Crippen molar-refractivity contribution >= 4 is 17.5 Å². The van der Waals surface area contributed by atoms with Crippen LogP contribution < -0.4 is 0 Å². The quantitative estimate of drug-likeness (QED) is 0.829. The summed E-state index contributed by atoms with van der Waals surface area (Å²) in [6.07, 6.45) is 1.65. The number of ether oxygens (including phenoxy) is 1. The lowest BCUT2D eigenvalue weighted by Gasteiger charge is -2.03. The molecule has 0 bridgehead atoms. The predicted octanol–water partition coefficient (Wildman–Crippen LogP) is 3.25. The minimum absolute atomic E-state index is 0.0435. The lowest BCUT2D eigenvalue weighted by atomic mass is 10.1. The van der Waals surface area contributed by atoms with Crippen LogP contribution >= 0.6 is 11.6 Å². The first-order chi connectivity index (χ1) is 8.83. The number of aliphatic imine (C=N–C) groups is 1. The highest BCUT2D eigenvalue weighted by Crippen LogP contribution is 2.24. The monoisotopic (exact) mass is 258 g/mol. The highest BCUT2D eigenvalue weighted by molar-refractivity contribution is 6.30. The summed E-state index contributed by atoms with van der Waals surface area (Å²) in [7, 11) is 0. The molecule has 2 heterocycles. The van der Waals surface area contributed by atoms with Crippen molar-refractivity contribution in [2.75, 3.05) is 6.61 Å². The molecule has 4 heteroatoms. The summed E-state index contributed by atoms with van der Waals surface area (Å²) < 4.78 is 5.59. The van der Waals surface area contributed by atoms with Crippen molar-refractivity contribution in [3.05, 3.63) is 64.9 Å². The molecule has 0 fully saturated rings. The molecule has 3 rings (SSSR count). The van der Waals surface area contributed by atoms with E-state index in [0.29, 0.717) is 23.2 Å². The Morgan fingerprint density at radius 1 is 1.17 bits per heavy atom. The van der Waals surface area contributed by atoms with Crippen molar-refractivity contribution in [2.45, 2.75) is 6.04 Å². The van der Waals surface area contributed by atoms with Gasteiger partial charge in [0.05, 0.1) is 0 Å². The number of hydrogen-bond donors (Lipinski definition) is 0. The summed E-state index contributed by atoms with van der Waals surface area (Å²) >= 11 is 5.93. The van der Waals surface area contributed by atoms with Gasteiger partial charge >= 0.3 is 0 Å². The van der Waals surface area contributed by atoms with E-state index in [1.54, 1.807) is 18.3 Å². The molecule has 1 aromatic heterocycles. The normalized spacial score (nSPS) is 18.3. The zero-order chi connectivity index (χ0) is 12.4. The number of halogens is 1. The van der Waals surface area contributed by atoms with Gasteiger partial charge in [0.25, 0.3) is 0 Å². The number of rotatable bonds is 2. The molecule has 1 aliphatic rings. The van der Waals surface area contributed by atoms with Crippen LogP contribution in [-0.2, 0) is 4.74 Å². The molecule has 0 saturated heterocycles. The summed E-state index contributed by atoms with van der Waals surface area (Å²) in [5.41, 5.74) is 1.83. The summed E-state index contributed by atoms with van der Waals surface area (Å²) in [6, 6.07) is 13.6. The second kappa shape index (κ2) is 4.78.